The maximum absolute atomic E-state index is 11.5. The van der Waals surface area contributed by atoms with Gasteiger partial charge in [-0.05, 0) is 17.7 Å². The topological polar surface area (TPSA) is 250 Å². The van der Waals surface area contributed by atoms with Gasteiger partial charge < -0.3 is 35.3 Å². The van der Waals surface area contributed by atoms with Crippen LogP contribution in [0.1, 0.15) is 11.8 Å². The van der Waals surface area contributed by atoms with Crippen LogP contribution in [0, 0.1) is 10.1 Å². The van der Waals surface area contributed by atoms with Crippen molar-refractivity contribution in [3.8, 4) is 11.6 Å². The zero-order valence-corrected chi connectivity index (χ0v) is 18.5. The van der Waals surface area contributed by atoms with Gasteiger partial charge >= 0.3 is 0 Å². The Morgan fingerprint density at radius 1 is 1.31 bits per heavy atom. The highest BCUT2D eigenvalue weighted by Gasteiger charge is 2.44. The molecule has 4 rings (SSSR count). The molecule has 0 aliphatic carbocycles. The number of ether oxygens (including phenoxy) is 3. The van der Waals surface area contributed by atoms with Gasteiger partial charge in [-0.1, -0.05) is 5.11 Å². The monoisotopic (exact) mass is 503 g/mol. The number of hydrogen-bond acceptors (Lipinski definition) is 13. The first-order valence-corrected chi connectivity index (χ1v) is 10.5. The predicted octanol–water partition coefficient (Wildman–Crippen LogP) is 0.196. The van der Waals surface area contributed by atoms with Crippen LogP contribution in [0.15, 0.2) is 29.6 Å². The van der Waals surface area contributed by atoms with E-state index in [2.05, 4.69) is 25.0 Å². The number of hydrogen-bond donors (Lipinski definition) is 4. The normalized spacial score (nSPS) is 21.3. The van der Waals surface area contributed by atoms with Gasteiger partial charge in [0, 0.05) is 11.0 Å². The number of nitrogens with two attached hydrogens (primary N) is 1. The molecule has 36 heavy (non-hydrogen) atoms. The number of benzene rings is 1. The summed E-state index contributed by atoms with van der Waals surface area (Å²) < 4.78 is 18.0. The molecule has 0 bridgehead atoms. The Morgan fingerprint density at radius 2 is 2.11 bits per heavy atom. The van der Waals surface area contributed by atoms with E-state index in [1.54, 1.807) is 0 Å². The Bertz CT molecular complexity index is 1310. The van der Waals surface area contributed by atoms with Crippen molar-refractivity contribution in [1.82, 2.24) is 19.5 Å². The fourth-order valence-corrected chi connectivity index (χ4v) is 3.64. The SMILES string of the molecule is [N-]=[N+]=NCCOc1ccc([N+](=O)[O-])c(COc2nc(N)nc3c2ncn3[C@@H]2O[C@H](CO)[C@@H](O)[C@H]2O)c1. The molecule has 0 radical (unpaired) electrons. The fraction of sp³-hybridized carbons (Fsp3) is 0.421. The second kappa shape index (κ2) is 10.5. The number of aliphatic hydroxyl groups excluding tert-OH is 3. The number of nitrogen functional groups attached to an aromatic ring is 1. The number of anilines is 1. The molecular weight excluding hydrogens is 482 g/mol. The molecule has 1 aromatic carbocycles. The maximum atomic E-state index is 11.5. The largest absolute Gasteiger partial charge is 0.493 e. The minimum Gasteiger partial charge on any atom is -0.493 e. The third-order valence-electron chi connectivity index (χ3n) is 5.33. The van der Waals surface area contributed by atoms with E-state index in [1.807, 2.05) is 0 Å². The average Bonchev–Trinajstić information content (AvgIpc) is 3.40. The molecule has 0 spiro atoms. The molecule has 17 nitrogen and oxygen atoms in total. The summed E-state index contributed by atoms with van der Waals surface area (Å²) in [4.78, 5) is 25.8. The molecule has 1 fully saturated rings. The van der Waals surface area contributed by atoms with Gasteiger partial charge in [0.25, 0.3) is 5.69 Å². The summed E-state index contributed by atoms with van der Waals surface area (Å²) in [6.45, 7) is -0.671. The van der Waals surface area contributed by atoms with Gasteiger partial charge in [0.2, 0.25) is 11.8 Å². The smallest absolute Gasteiger partial charge is 0.276 e. The lowest BCUT2D eigenvalue weighted by Gasteiger charge is -2.16. The molecule has 0 unspecified atom stereocenters. The highest BCUT2D eigenvalue weighted by atomic mass is 16.6. The summed E-state index contributed by atoms with van der Waals surface area (Å²) in [5.41, 5.74) is 14.3. The molecule has 3 heterocycles. The van der Waals surface area contributed by atoms with Gasteiger partial charge in [-0.3, -0.25) is 14.7 Å². The van der Waals surface area contributed by atoms with Crippen molar-refractivity contribution in [1.29, 1.82) is 0 Å². The standard InChI is InChI=1S/C19H21N9O8/c20-19-24-16-13(22-8-27(16)18-15(31)14(30)12(6-29)36-18)17(25-19)35-7-9-5-10(34-4-3-23-26-21)1-2-11(9)28(32)33/h1-2,5,8,12,14-15,18,29-31H,3-4,6-7H2,(H2,20,24,25)/t12-,14-,15-,18-/m1/s1. The van der Waals surface area contributed by atoms with Crippen LogP contribution in [-0.2, 0) is 11.3 Å². The van der Waals surface area contributed by atoms with Crippen LogP contribution < -0.4 is 15.2 Å². The summed E-state index contributed by atoms with van der Waals surface area (Å²) >= 11 is 0. The molecule has 5 N–H and O–H groups in total. The number of nitro benzene ring substituents is 1. The van der Waals surface area contributed by atoms with Crippen LogP contribution in [0.5, 0.6) is 11.6 Å². The zero-order valence-electron chi connectivity index (χ0n) is 18.5. The molecule has 1 aliphatic rings. The number of rotatable bonds is 10. The quantitative estimate of drug-likeness (QED) is 0.0722. The number of nitro groups is 1. The predicted molar refractivity (Wildman–Crippen MR) is 120 cm³/mol. The van der Waals surface area contributed by atoms with Crippen molar-refractivity contribution in [3.05, 3.63) is 50.6 Å². The highest BCUT2D eigenvalue weighted by Crippen LogP contribution is 2.33. The Hall–Kier alpha value is -4.28. The summed E-state index contributed by atoms with van der Waals surface area (Å²) in [5, 5.41) is 44.6. The zero-order chi connectivity index (χ0) is 25.8. The molecule has 1 aliphatic heterocycles. The van der Waals surface area contributed by atoms with Gasteiger partial charge in [-0.2, -0.15) is 9.97 Å². The van der Waals surface area contributed by atoms with E-state index in [0.29, 0.717) is 5.75 Å². The van der Waals surface area contributed by atoms with E-state index in [4.69, 9.17) is 25.5 Å². The molecule has 190 valence electrons. The lowest BCUT2D eigenvalue weighted by Crippen LogP contribution is -2.33. The summed E-state index contributed by atoms with van der Waals surface area (Å²) in [6, 6.07) is 4.07. The van der Waals surface area contributed by atoms with Crippen LogP contribution in [-0.4, -0.2) is 77.8 Å². The first kappa shape index (κ1) is 24.8. The van der Waals surface area contributed by atoms with Crippen LogP contribution in [0.25, 0.3) is 21.6 Å². The van der Waals surface area contributed by atoms with Crippen molar-refractivity contribution in [2.24, 2.45) is 5.11 Å². The lowest BCUT2D eigenvalue weighted by atomic mass is 10.1. The number of azide groups is 1. The van der Waals surface area contributed by atoms with E-state index in [9.17, 15) is 25.4 Å². The van der Waals surface area contributed by atoms with E-state index < -0.39 is 36.1 Å². The number of imidazole rings is 1. The number of aromatic nitrogens is 4. The van der Waals surface area contributed by atoms with Crippen molar-refractivity contribution in [2.45, 2.75) is 31.1 Å². The van der Waals surface area contributed by atoms with Crippen molar-refractivity contribution >= 4 is 22.8 Å². The van der Waals surface area contributed by atoms with Crippen molar-refractivity contribution in [2.75, 3.05) is 25.5 Å². The summed E-state index contributed by atoms with van der Waals surface area (Å²) in [7, 11) is 0. The Kier molecular flexibility index (Phi) is 7.28. The molecule has 3 aromatic rings. The lowest BCUT2D eigenvalue weighted by molar-refractivity contribution is -0.385. The number of aliphatic hydroxyl groups is 3. The molecule has 17 heteroatoms. The van der Waals surface area contributed by atoms with E-state index in [0.717, 1.165) is 0 Å². The first-order chi connectivity index (χ1) is 17.3. The second-order valence-corrected chi connectivity index (χ2v) is 7.58. The molecule has 0 saturated carbocycles. The Labute approximate surface area is 201 Å². The van der Waals surface area contributed by atoms with Crippen LogP contribution in [0.3, 0.4) is 0 Å². The molecular formula is C19H21N9O8. The first-order valence-electron chi connectivity index (χ1n) is 10.5. The van der Waals surface area contributed by atoms with Crippen molar-refractivity contribution < 1.29 is 34.5 Å². The molecule has 2 aromatic heterocycles. The minimum atomic E-state index is -1.38. The third kappa shape index (κ3) is 4.90. The van der Waals surface area contributed by atoms with Crippen molar-refractivity contribution in [3.63, 3.8) is 0 Å². The van der Waals surface area contributed by atoms with Crippen LogP contribution >= 0.6 is 0 Å². The highest BCUT2D eigenvalue weighted by molar-refractivity contribution is 5.77. The summed E-state index contributed by atoms with van der Waals surface area (Å²) in [5.74, 6) is -0.00377. The number of fused-ring (bicyclic) bond motifs is 1. The van der Waals surface area contributed by atoms with Crippen LogP contribution in [0.2, 0.25) is 0 Å². The maximum Gasteiger partial charge on any atom is 0.276 e. The Balaban J connectivity index is 1.60. The molecule has 0 amide bonds. The fourth-order valence-electron chi connectivity index (χ4n) is 3.64. The van der Waals surface area contributed by atoms with Gasteiger partial charge in [-0.25, -0.2) is 4.98 Å². The van der Waals surface area contributed by atoms with Gasteiger partial charge in [-0.15, -0.1) is 0 Å². The minimum absolute atomic E-state index is 0.0730. The average molecular weight is 503 g/mol. The summed E-state index contributed by atoms with van der Waals surface area (Å²) in [6.07, 6.45) is -3.59. The van der Waals surface area contributed by atoms with Crippen LogP contribution in [0.4, 0.5) is 11.6 Å². The molecule has 1 saturated heterocycles. The molecule has 4 atom stereocenters. The van der Waals surface area contributed by atoms with Gasteiger partial charge in [0.15, 0.2) is 17.4 Å². The van der Waals surface area contributed by atoms with Gasteiger partial charge in [0.05, 0.1) is 36.6 Å². The second-order valence-electron chi connectivity index (χ2n) is 7.58. The van der Waals surface area contributed by atoms with E-state index >= 15 is 0 Å². The number of nitrogens with zero attached hydrogens (tertiary/aromatic N) is 8. The van der Waals surface area contributed by atoms with E-state index in [-0.39, 0.29) is 54.0 Å². The van der Waals surface area contributed by atoms with Gasteiger partial charge in [0.1, 0.15) is 30.7 Å². The van der Waals surface area contributed by atoms with E-state index in [1.165, 1.54) is 29.1 Å². The third-order valence-corrected chi connectivity index (χ3v) is 5.33. The Morgan fingerprint density at radius 3 is 2.81 bits per heavy atom.